The van der Waals surface area contributed by atoms with Crippen molar-refractivity contribution in [3.8, 4) is 12.1 Å². The van der Waals surface area contributed by atoms with Gasteiger partial charge in [-0.15, -0.1) is 0 Å². The zero-order valence-electron chi connectivity index (χ0n) is 6.33. The van der Waals surface area contributed by atoms with Crippen molar-refractivity contribution in [2.75, 3.05) is 0 Å². The molecule has 60 valence electrons. The molecule has 4 heteroatoms. The van der Waals surface area contributed by atoms with Crippen LogP contribution in [0.25, 0.3) is 0 Å². The summed E-state index contributed by atoms with van der Waals surface area (Å²) in [4.78, 5) is 0. The Labute approximate surface area is 66.4 Å². The van der Waals surface area contributed by atoms with Gasteiger partial charge in [-0.25, -0.2) is 0 Å². The second-order valence-electron chi connectivity index (χ2n) is 2.40. The maximum absolute atomic E-state index is 8.29. The Morgan fingerprint density at radius 3 is 1.64 bits per heavy atom. The van der Waals surface area contributed by atoms with Crippen molar-refractivity contribution >= 4 is 0 Å². The molecule has 2 unspecified atom stereocenters. The van der Waals surface area contributed by atoms with Crippen LogP contribution in [0.3, 0.4) is 0 Å². The third kappa shape index (κ3) is 5.35. The summed E-state index contributed by atoms with van der Waals surface area (Å²) in [7, 11) is 0. The molecule has 0 aromatic heterocycles. The first kappa shape index (κ1) is 9.90. The molecule has 4 nitrogen and oxygen atoms in total. The fourth-order valence-electron chi connectivity index (χ4n) is 0.687. The summed E-state index contributed by atoms with van der Waals surface area (Å²) < 4.78 is 0. The average molecular weight is 152 g/mol. The minimum absolute atomic E-state index is 0.416. The zero-order chi connectivity index (χ0) is 8.69. The molecule has 0 aromatic carbocycles. The highest BCUT2D eigenvalue weighted by Gasteiger charge is 2.02. The van der Waals surface area contributed by atoms with Gasteiger partial charge < -0.3 is 11.5 Å². The fraction of sp³-hybridized carbons (Fsp3) is 0.714. The van der Waals surface area contributed by atoms with Gasteiger partial charge in [-0.3, -0.25) is 0 Å². The molecule has 0 aromatic rings. The molecule has 0 saturated carbocycles. The van der Waals surface area contributed by atoms with Gasteiger partial charge in [0.2, 0.25) is 0 Å². The van der Waals surface area contributed by atoms with Crippen LogP contribution in [0.15, 0.2) is 0 Å². The Hall–Kier alpha value is -1.10. The predicted octanol–water partition coefficient (Wildman–Crippen LogP) is -0.142. The fourth-order valence-corrected chi connectivity index (χ4v) is 0.687. The summed E-state index contributed by atoms with van der Waals surface area (Å²) in [5.41, 5.74) is 10.6. The topological polar surface area (TPSA) is 99.6 Å². The minimum Gasteiger partial charge on any atom is -0.316 e. The molecule has 0 rings (SSSR count). The molecule has 4 N–H and O–H groups in total. The summed E-state index contributed by atoms with van der Waals surface area (Å²) in [5.74, 6) is 0. The molecule has 0 amide bonds. The maximum Gasteiger partial charge on any atom is 0.0928 e. The van der Waals surface area contributed by atoms with Crippen LogP contribution in [0.4, 0.5) is 0 Å². The van der Waals surface area contributed by atoms with E-state index in [0.29, 0.717) is 12.8 Å². The molecule has 0 aliphatic heterocycles. The van der Waals surface area contributed by atoms with Crippen molar-refractivity contribution < 1.29 is 0 Å². The molecule has 0 bridgehead atoms. The Balaban J connectivity index is 3.30. The Morgan fingerprint density at radius 1 is 1.00 bits per heavy atom. The number of hydrogen-bond acceptors (Lipinski definition) is 4. The zero-order valence-corrected chi connectivity index (χ0v) is 6.33. The van der Waals surface area contributed by atoms with Gasteiger partial charge in [-0.1, -0.05) is 0 Å². The van der Waals surface area contributed by atoms with Crippen LogP contribution < -0.4 is 11.5 Å². The third-order valence-electron chi connectivity index (χ3n) is 1.36. The summed E-state index contributed by atoms with van der Waals surface area (Å²) in [5, 5.41) is 16.6. The van der Waals surface area contributed by atoms with E-state index in [4.69, 9.17) is 22.0 Å². The first-order valence-corrected chi connectivity index (χ1v) is 3.51. The van der Waals surface area contributed by atoms with Crippen LogP contribution >= 0.6 is 0 Å². The van der Waals surface area contributed by atoms with Crippen molar-refractivity contribution in [2.45, 2.75) is 31.3 Å². The molecule has 0 heterocycles. The normalized spacial score (nSPS) is 14.5. The minimum atomic E-state index is -0.416. The average Bonchev–Trinajstić information content (AvgIpc) is 2.04. The predicted molar refractivity (Wildman–Crippen MR) is 41.0 cm³/mol. The standard InChI is InChI=1S/C7H12N4/c8-4-6(10)2-1-3-7(11)5-9/h6-7H,1-3,10-11H2. The number of rotatable bonds is 4. The van der Waals surface area contributed by atoms with Gasteiger partial charge in [0, 0.05) is 0 Å². The molecule has 11 heavy (non-hydrogen) atoms. The third-order valence-corrected chi connectivity index (χ3v) is 1.36. The summed E-state index contributed by atoms with van der Waals surface area (Å²) >= 11 is 0. The molecule has 0 radical (unpaired) electrons. The van der Waals surface area contributed by atoms with Gasteiger partial charge in [0.05, 0.1) is 24.2 Å². The maximum atomic E-state index is 8.29. The van der Waals surface area contributed by atoms with Crippen LogP contribution in [0.1, 0.15) is 19.3 Å². The van der Waals surface area contributed by atoms with Crippen LogP contribution in [0.5, 0.6) is 0 Å². The lowest BCUT2D eigenvalue weighted by Crippen LogP contribution is -2.20. The molecular formula is C7H12N4. The van der Waals surface area contributed by atoms with E-state index in [1.165, 1.54) is 0 Å². The largest absolute Gasteiger partial charge is 0.316 e. The van der Waals surface area contributed by atoms with E-state index in [-0.39, 0.29) is 0 Å². The first-order chi connectivity index (χ1) is 5.20. The smallest absolute Gasteiger partial charge is 0.0928 e. The number of hydrogen-bond donors (Lipinski definition) is 2. The summed E-state index contributed by atoms with van der Waals surface area (Å²) in [6.07, 6.45) is 1.97. The Morgan fingerprint density at radius 2 is 1.36 bits per heavy atom. The van der Waals surface area contributed by atoms with E-state index in [1.807, 2.05) is 12.1 Å². The number of nitriles is 2. The van der Waals surface area contributed by atoms with Gasteiger partial charge in [0.1, 0.15) is 0 Å². The van der Waals surface area contributed by atoms with Gasteiger partial charge in [-0.05, 0) is 19.3 Å². The SMILES string of the molecule is N#CC(N)CCCC(N)C#N. The highest BCUT2D eigenvalue weighted by Crippen LogP contribution is 1.99. The lowest BCUT2D eigenvalue weighted by atomic mass is 10.1. The molecule has 0 aliphatic rings. The molecule has 2 atom stereocenters. The van der Waals surface area contributed by atoms with Crippen molar-refractivity contribution in [3.63, 3.8) is 0 Å². The van der Waals surface area contributed by atoms with E-state index >= 15 is 0 Å². The molecular weight excluding hydrogens is 140 g/mol. The van der Waals surface area contributed by atoms with E-state index in [9.17, 15) is 0 Å². The van der Waals surface area contributed by atoms with Crippen LogP contribution in [-0.4, -0.2) is 12.1 Å². The Kier molecular flexibility index (Phi) is 5.10. The summed E-state index contributed by atoms with van der Waals surface area (Å²) in [6, 6.07) is 2.99. The quantitative estimate of drug-likeness (QED) is 0.585. The summed E-state index contributed by atoms with van der Waals surface area (Å²) in [6.45, 7) is 0. The van der Waals surface area contributed by atoms with Crippen molar-refractivity contribution in [3.05, 3.63) is 0 Å². The second kappa shape index (κ2) is 5.67. The van der Waals surface area contributed by atoms with E-state index in [1.54, 1.807) is 0 Å². The second-order valence-corrected chi connectivity index (χ2v) is 2.40. The lowest BCUT2D eigenvalue weighted by Gasteiger charge is -2.02. The molecule has 0 aliphatic carbocycles. The van der Waals surface area contributed by atoms with E-state index < -0.39 is 12.1 Å². The first-order valence-electron chi connectivity index (χ1n) is 3.51. The molecule has 0 saturated heterocycles. The highest BCUT2D eigenvalue weighted by molar-refractivity contribution is 4.89. The highest BCUT2D eigenvalue weighted by atomic mass is 14.6. The van der Waals surface area contributed by atoms with Gasteiger partial charge >= 0.3 is 0 Å². The van der Waals surface area contributed by atoms with E-state index in [2.05, 4.69) is 0 Å². The number of nitrogens with two attached hydrogens (primary N) is 2. The van der Waals surface area contributed by atoms with Gasteiger partial charge in [-0.2, -0.15) is 10.5 Å². The van der Waals surface area contributed by atoms with Crippen molar-refractivity contribution in [1.29, 1.82) is 10.5 Å². The van der Waals surface area contributed by atoms with Gasteiger partial charge in [0.15, 0.2) is 0 Å². The number of nitrogens with zero attached hydrogens (tertiary/aromatic N) is 2. The van der Waals surface area contributed by atoms with Crippen LogP contribution in [0, 0.1) is 22.7 Å². The monoisotopic (exact) mass is 152 g/mol. The van der Waals surface area contributed by atoms with E-state index in [0.717, 1.165) is 6.42 Å². The molecule has 0 spiro atoms. The van der Waals surface area contributed by atoms with Crippen molar-refractivity contribution in [2.24, 2.45) is 11.5 Å². The molecule has 0 fully saturated rings. The van der Waals surface area contributed by atoms with Crippen molar-refractivity contribution in [1.82, 2.24) is 0 Å². The Bertz CT molecular complexity index is 156. The van der Waals surface area contributed by atoms with Crippen LogP contribution in [-0.2, 0) is 0 Å². The van der Waals surface area contributed by atoms with Crippen LogP contribution in [0.2, 0.25) is 0 Å². The lowest BCUT2D eigenvalue weighted by molar-refractivity contribution is 0.607. The van der Waals surface area contributed by atoms with Gasteiger partial charge in [0.25, 0.3) is 0 Å².